The van der Waals surface area contributed by atoms with E-state index in [1.54, 1.807) is 55.5 Å². The summed E-state index contributed by atoms with van der Waals surface area (Å²) in [6.45, 7) is 1.46. The molecule has 1 heterocycles. The predicted octanol–water partition coefficient (Wildman–Crippen LogP) is 3.08. The summed E-state index contributed by atoms with van der Waals surface area (Å²) < 4.78 is 0. The van der Waals surface area contributed by atoms with Gasteiger partial charge in [0.15, 0.2) is 0 Å². The first-order valence-corrected chi connectivity index (χ1v) is 8.97. The Morgan fingerprint density at radius 1 is 1.11 bits per heavy atom. The molecule has 27 heavy (non-hydrogen) atoms. The molecule has 8 heteroatoms. The van der Waals surface area contributed by atoms with E-state index in [1.165, 1.54) is 0 Å². The van der Waals surface area contributed by atoms with Crippen molar-refractivity contribution >= 4 is 41.0 Å². The van der Waals surface area contributed by atoms with E-state index in [0.717, 1.165) is 10.5 Å². The van der Waals surface area contributed by atoms with E-state index >= 15 is 0 Å². The van der Waals surface area contributed by atoms with Crippen LogP contribution < -0.4 is 10.6 Å². The van der Waals surface area contributed by atoms with Gasteiger partial charge in [-0.3, -0.25) is 14.5 Å². The normalized spacial score (nSPS) is 19.1. The lowest BCUT2D eigenvalue weighted by molar-refractivity contribution is -0.134. The molecule has 6 nitrogen and oxygen atoms in total. The molecule has 0 radical (unpaired) electrons. The van der Waals surface area contributed by atoms with Gasteiger partial charge in [-0.15, -0.1) is 0 Å². The molecule has 1 aliphatic rings. The molecule has 0 spiro atoms. The van der Waals surface area contributed by atoms with Crippen LogP contribution in [0.5, 0.6) is 0 Å². The number of halogens is 2. The van der Waals surface area contributed by atoms with Crippen molar-refractivity contribution in [1.82, 2.24) is 15.5 Å². The van der Waals surface area contributed by atoms with Crippen LogP contribution >= 0.6 is 23.2 Å². The van der Waals surface area contributed by atoms with Crippen LogP contribution in [0.25, 0.3) is 0 Å². The Balaban J connectivity index is 1.67. The highest BCUT2D eigenvalue weighted by Crippen LogP contribution is 2.33. The zero-order chi connectivity index (χ0) is 19.6. The van der Waals surface area contributed by atoms with Gasteiger partial charge in [-0.05, 0) is 30.7 Å². The van der Waals surface area contributed by atoms with Gasteiger partial charge in [-0.25, -0.2) is 4.79 Å². The molecule has 1 saturated heterocycles. The molecular formula is C19H17Cl2N3O3. The lowest BCUT2D eigenvalue weighted by atomic mass is 9.92. The van der Waals surface area contributed by atoms with Gasteiger partial charge in [-0.1, -0.05) is 53.5 Å². The standard InChI is InChI=1S/C19H17Cl2N3O3/c1-19(14-4-2-3-5-15(14)21)17(26)24(18(27)23-19)11-16(25)22-10-12-6-8-13(20)9-7-12/h2-9H,10-11H2,1H3,(H,22,25)(H,23,27)/t19-/m0/s1. The molecule has 2 N–H and O–H groups in total. The van der Waals surface area contributed by atoms with Gasteiger partial charge < -0.3 is 10.6 Å². The van der Waals surface area contributed by atoms with E-state index in [4.69, 9.17) is 23.2 Å². The highest BCUT2D eigenvalue weighted by atomic mass is 35.5. The highest BCUT2D eigenvalue weighted by molar-refractivity contribution is 6.32. The van der Waals surface area contributed by atoms with Crippen LogP contribution in [0.2, 0.25) is 10.0 Å². The summed E-state index contributed by atoms with van der Waals surface area (Å²) in [6.07, 6.45) is 0. The maximum Gasteiger partial charge on any atom is 0.325 e. The van der Waals surface area contributed by atoms with Gasteiger partial charge in [-0.2, -0.15) is 0 Å². The zero-order valence-corrected chi connectivity index (χ0v) is 16.0. The van der Waals surface area contributed by atoms with Gasteiger partial charge in [0.05, 0.1) is 0 Å². The maximum atomic E-state index is 12.8. The molecule has 3 rings (SSSR count). The van der Waals surface area contributed by atoms with Crippen LogP contribution in [-0.4, -0.2) is 29.3 Å². The van der Waals surface area contributed by atoms with Crippen molar-refractivity contribution < 1.29 is 14.4 Å². The Labute approximate surface area is 166 Å². The number of urea groups is 1. The number of rotatable bonds is 5. The minimum atomic E-state index is -1.31. The monoisotopic (exact) mass is 405 g/mol. The van der Waals surface area contributed by atoms with E-state index in [-0.39, 0.29) is 13.1 Å². The first-order chi connectivity index (χ1) is 12.8. The van der Waals surface area contributed by atoms with Gasteiger partial charge in [0, 0.05) is 22.2 Å². The number of amides is 4. The molecule has 4 amide bonds. The smallest absolute Gasteiger partial charge is 0.325 e. The van der Waals surface area contributed by atoms with Crippen molar-refractivity contribution in [3.63, 3.8) is 0 Å². The number of imide groups is 1. The Hall–Kier alpha value is -2.57. The number of nitrogens with zero attached hydrogens (tertiary/aromatic N) is 1. The Bertz CT molecular complexity index is 901. The second kappa shape index (κ2) is 7.58. The second-order valence-corrected chi connectivity index (χ2v) is 7.17. The molecule has 2 aromatic rings. The van der Waals surface area contributed by atoms with E-state index in [9.17, 15) is 14.4 Å². The summed E-state index contributed by atoms with van der Waals surface area (Å²) in [6, 6.07) is 13.1. The lowest BCUT2D eigenvalue weighted by Crippen LogP contribution is -2.43. The van der Waals surface area contributed by atoms with E-state index in [0.29, 0.717) is 15.6 Å². The maximum absolute atomic E-state index is 12.8. The van der Waals surface area contributed by atoms with Crippen LogP contribution in [0.1, 0.15) is 18.1 Å². The third-order valence-corrected chi connectivity index (χ3v) is 4.97. The van der Waals surface area contributed by atoms with Crippen LogP contribution in [0.4, 0.5) is 4.79 Å². The van der Waals surface area contributed by atoms with Gasteiger partial charge >= 0.3 is 6.03 Å². The molecule has 1 fully saturated rings. The number of nitrogens with one attached hydrogen (secondary N) is 2. The van der Waals surface area contributed by atoms with Gasteiger partial charge in [0.2, 0.25) is 5.91 Å². The SMILES string of the molecule is C[C@@]1(c2ccccc2Cl)NC(=O)N(CC(=O)NCc2ccc(Cl)cc2)C1=O. The first kappa shape index (κ1) is 19.2. The van der Waals surface area contributed by atoms with E-state index < -0.39 is 23.4 Å². The molecule has 1 atom stereocenters. The molecule has 0 unspecified atom stereocenters. The first-order valence-electron chi connectivity index (χ1n) is 8.21. The van der Waals surface area contributed by atoms with Gasteiger partial charge in [0.1, 0.15) is 12.1 Å². The van der Waals surface area contributed by atoms with Crippen molar-refractivity contribution in [3.8, 4) is 0 Å². The van der Waals surface area contributed by atoms with Crippen molar-refractivity contribution in [2.24, 2.45) is 0 Å². The summed E-state index contributed by atoms with van der Waals surface area (Å²) in [4.78, 5) is 38.2. The molecule has 1 aliphatic heterocycles. The minimum absolute atomic E-state index is 0.265. The van der Waals surface area contributed by atoms with E-state index in [1.807, 2.05) is 0 Å². The van der Waals surface area contributed by atoms with Gasteiger partial charge in [0.25, 0.3) is 5.91 Å². The lowest BCUT2D eigenvalue weighted by Gasteiger charge is -2.23. The zero-order valence-electron chi connectivity index (χ0n) is 14.5. The largest absolute Gasteiger partial charge is 0.350 e. The fraction of sp³-hybridized carbons (Fsp3) is 0.211. The average Bonchev–Trinajstić information content (AvgIpc) is 2.85. The van der Waals surface area contributed by atoms with Crippen LogP contribution in [0, 0.1) is 0 Å². The Kier molecular flexibility index (Phi) is 5.39. The molecule has 0 saturated carbocycles. The number of carbonyl (C=O) groups is 3. The van der Waals surface area contributed by atoms with Crippen molar-refractivity contribution in [3.05, 3.63) is 69.7 Å². The fourth-order valence-corrected chi connectivity index (χ4v) is 3.34. The molecule has 140 valence electrons. The third-order valence-electron chi connectivity index (χ3n) is 4.39. The molecule has 0 bridgehead atoms. The Morgan fingerprint density at radius 3 is 2.44 bits per heavy atom. The van der Waals surface area contributed by atoms with E-state index in [2.05, 4.69) is 10.6 Å². The summed E-state index contributed by atoms with van der Waals surface area (Å²) in [5.41, 5.74) is 0.0197. The molecule has 0 aromatic heterocycles. The summed E-state index contributed by atoms with van der Waals surface area (Å²) in [7, 11) is 0. The minimum Gasteiger partial charge on any atom is -0.350 e. The second-order valence-electron chi connectivity index (χ2n) is 6.33. The number of hydrogen-bond donors (Lipinski definition) is 2. The van der Waals surface area contributed by atoms with Crippen molar-refractivity contribution in [2.75, 3.05) is 6.54 Å². The Morgan fingerprint density at radius 2 is 1.78 bits per heavy atom. The number of benzene rings is 2. The molecule has 0 aliphatic carbocycles. The average molecular weight is 406 g/mol. The van der Waals surface area contributed by atoms with Crippen LogP contribution in [-0.2, 0) is 21.7 Å². The molecular weight excluding hydrogens is 389 g/mol. The summed E-state index contributed by atoms with van der Waals surface area (Å²) in [5, 5.41) is 6.28. The summed E-state index contributed by atoms with van der Waals surface area (Å²) in [5.74, 6) is -0.973. The van der Waals surface area contributed by atoms with Crippen molar-refractivity contribution in [2.45, 2.75) is 19.0 Å². The highest BCUT2D eigenvalue weighted by Gasteiger charge is 2.50. The van der Waals surface area contributed by atoms with Crippen LogP contribution in [0.15, 0.2) is 48.5 Å². The molecule has 2 aromatic carbocycles. The number of carbonyl (C=O) groups excluding carboxylic acids is 3. The van der Waals surface area contributed by atoms with Crippen molar-refractivity contribution in [1.29, 1.82) is 0 Å². The summed E-state index contributed by atoms with van der Waals surface area (Å²) >= 11 is 12.0. The quantitative estimate of drug-likeness (QED) is 0.750. The van der Waals surface area contributed by atoms with Crippen LogP contribution in [0.3, 0.4) is 0 Å². The topological polar surface area (TPSA) is 78.5 Å². The predicted molar refractivity (Wildman–Crippen MR) is 102 cm³/mol. The third kappa shape index (κ3) is 3.91. The number of hydrogen-bond acceptors (Lipinski definition) is 3. The fourth-order valence-electron chi connectivity index (χ4n) is 2.89.